The van der Waals surface area contributed by atoms with Gasteiger partial charge < -0.3 is 15.6 Å². The van der Waals surface area contributed by atoms with Gasteiger partial charge in [0, 0.05) is 17.3 Å². The third-order valence-electron chi connectivity index (χ3n) is 3.72. The first-order valence-electron chi connectivity index (χ1n) is 7.83. The van der Waals surface area contributed by atoms with Crippen LogP contribution in [0.2, 0.25) is 0 Å². The van der Waals surface area contributed by atoms with Crippen LogP contribution in [0.3, 0.4) is 0 Å². The van der Waals surface area contributed by atoms with E-state index in [1.807, 2.05) is 30.3 Å². The Hall–Kier alpha value is -3.12. The topological polar surface area (TPSA) is 71.2 Å². The van der Waals surface area contributed by atoms with Gasteiger partial charge >= 0.3 is 0 Å². The van der Waals surface area contributed by atoms with Crippen LogP contribution in [0.5, 0.6) is 0 Å². The van der Waals surface area contributed by atoms with Crippen molar-refractivity contribution in [3.05, 3.63) is 95.1 Å². The van der Waals surface area contributed by atoms with Crippen molar-refractivity contribution in [2.45, 2.75) is 12.8 Å². The van der Waals surface area contributed by atoms with E-state index in [0.717, 1.165) is 5.56 Å². The van der Waals surface area contributed by atoms with Gasteiger partial charge in [0.15, 0.2) is 6.23 Å². The molecule has 0 aliphatic rings. The Morgan fingerprint density at radius 2 is 1.72 bits per heavy atom. The summed E-state index contributed by atoms with van der Waals surface area (Å²) in [7, 11) is 0. The summed E-state index contributed by atoms with van der Waals surface area (Å²) in [4.78, 5) is 0. The van der Waals surface area contributed by atoms with Crippen LogP contribution >= 0.6 is 0 Å². The van der Waals surface area contributed by atoms with Crippen LogP contribution in [0.25, 0.3) is 0 Å². The summed E-state index contributed by atoms with van der Waals surface area (Å²) in [5, 5.41) is 28.2. The summed E-state index contributed by atoms with van der Waals surface area (Å²) in [5.74, 6) is 0.0351. The molecule has 0 aliphatic heterocycles. The quantitative estimate of drug-likeness (QED) is 0.366. The average Bonchev–Trinajstić information content (AvgIpc) is 2.63. The number of aliphatic hydroxyl groups is 1. The third-order valence-corrected chi connectivity index (χ3v) is 3.72. The van der Waals surface area contributed by atoms with E-state index in [4.69, 9.17) is 0 Å². The Bertz CT molecular complexity index is 826. The fourth-order valence-corrected chi connectivity index (χ4v) is 2.37. The number of benzene rings is 2. The van der Waals surface area contributed by atoms with E-state index in [1.54, 1.807) is 12.1 Å². The second-order valence-electron chi connectivity index (χ2n) is 5.57. The van der Waals surface area contributed by atoms with Crippen molar-refractivity contribution in [2.75, 3.05) is 10.6 Å². The van der Waals surface area contributed by atoms with Gasteiger partial charge in [-0.1, -0.05) is 30.3 Å². The molecule has 0 bridgehead atoms. The van der Waals surface area contributed by atoms with Gasteiger partial charge in [0.05, 0.1) is 0 Å². The van der Waals surface area contributed by atoms with Gasteiger partial charge in [-0.2, -0.15) is 0 Å². The average molecular weight is 339 g/mol. The lowest BCUT2D eigenvalue weighted by molar-refractivity contribution is -0.591. The molecule has 0 saturated carbocycles. The zero-order valence-electron chi connectivity index (χ0n) is 13.4. The summed E-state index contributed by atoms with van der Waals surface area (Å²) in [5.41, 5.74) is 2.02. The molecule has 0 radical (unpaired) electrons. The van der Waals surface area contributed by atoms with Crippen LogP contribution in [0, 0.1) is 11.0 Å². The van der Waals surface area contributed by atoms with Crippen molar-refractivity contribution >= 4 is 11.5 Å². The zero-order valence-corrected chi connectivity index (χ0v) is 13.4. The lowest BCUT2D eigenvalue weighted by Crippen LogP contribution is -2.31. The Balaban J connectivity index is 1.65. The molecule has 0 saturated heterocycles. The largest absolute Gasteiger partial charge is 0.711 e. The maximum Gasteiger partial charge on any atom is 0.277 e. The van der Waals surface area contributed by atoms with Gasteiger partial charge in [0.25, 0.3) is 5.82 Å². The van der Waals surface area contributed by atoms with E-state index in [1.165, 1.54) is 30.5 Å². The Labute approximate surface area is 145 Å². The number of nitrogens with one attached hydrogen (secondary N) is 2. The molecule has 3 N–H and O–H groups in total. The smallest absolute Gasteiger partial charge is 0.277 e. The minimum absolute atomic E-state index is 0.355. The van der Waals surface area contributed by atoms with Gasteiger partial charge in [-0.15, -0.1) is 0 Å². The lowest BCUT2D eigenvalue weighted by atomic mass is 10.2. The van der Waals surface area contributed by atoms with Crippen LogP contribution in [-0.4, -0.2) is 5.11 Å². The van der Waals surface area contributed by atoms with Crippen LogP contribution in [0.4, 0.5) is 15.9 Å². The van der Waals surface area contributed by atoms with Crippen molar-refractivity contribution in [3.8, 4) is 0 Å². The van der Waals surface area contributed by atoms with Gasteiger partial charge in [0.2, 0.25) is 0 Å². The lowest BCUT2D eigenvalue weighted by Gasteiger charge is -2.16. The van der Waals surface area contributed by atoms with E-state index in [2.05, 4.69) is 10.6 Å². The van der Waals surface area contributed by atoms with Gasteiger partial charge in [0.1, 0.15) is 18.6 Å². The highest BCUT2D eigenvalue weighted by atomic mass is 19.1. The summed E-state index contributed by atoms with van der Waals surface area (Å²) >= 11 is 0. The predicted molar refractivity (Wildman–Crippen MR) is 94.2 cm³/mol. The first kappa shape index (κ1) is 16.7. The van der Waals surface area contributed by atoms with Gasteiger partial charge in [-0.25, -0.2) is 9.12 Å². The molecule has 3 rings (SSSR count). The van der Waals surface area contributed by atoms with E-state index < -0.39 is 6.23 Å². The second kappa shape index (κ2) is 7.63. The molecule has 1 atom stereocenters. The van der Waals surface area contributed by atoms with Crippen molar-refractivity contribution in [2.24, 2.45) is 0 Å². The van der Waals surface area contributed by atoms with Crippen molar-refractivity contribution < 1.29 is 14.2 Å². The van der Waals surface area contributed by atoms with E-state index in [-0.39, 0.29) is 5.82 Å². The predicted octanol–water partition coefficient (Wildman–Crippen LogP) is 3.17. The van der Waals surface area contributed by atoms with E-state index >= 15 is 0 Å². The summed E-state index contributed by atoms with van der Waals surface area (Å²) in [6.07, 6.45) is 0.225. The Morgan fingerprint density at radius 1 is 1.00 bits per heavy atom. The minimum Gasteiger partial charge on any atom is -0.711 e. The molecule has 0 amide bonds. The van der Waals surface area contributed by atoms with Gasteiger partial charge in [-0.3, -0.25) is 5.32 Å². The molecule has 25 heavy (non-hydrogen) atoms. The highest BCUT2D eigenvalue weighted by Crippen LogP contribution is 2.17. The summed E-state index contributed by atoms with van der Waals surface area (Å²) < 4.78 is 13.6. The summed E-state index contributed by atoms with van der Waals surface area (Å²) in [6, 6.07) is 18.6. The number of pyridine rings is 1. The van der Waals surface area contributed by atoms with Gasteiger partial charge in [-0.05, 0) is 35.9 Å². The maximum absolute atomic E-state index is 12.9. The maximum atomic E-state index is 12.9. The van der Waals surface area contributed by atoms with Crippen molar-refractivity contribution in [1.82, 2.24) is 0 Å². The van der Waals surface area contributed by atoms with E-state index in [0.29, 0.717) is 28.3 Å². The van der Waals surface area contributed by atoms with Crippen LogP contribution in [0.15, 0.2) is 72.9 Å². The number of hydrogen-bond donors (Lipinski definition) is 3. The Morgan fingerprint density at radius 3 is 2.40 bits per heavy atom. The minimum atomic E-state index is -1.08. The van der Waals surface area contributed by atoms with Crippen LogP contribution in [-0.2, 0) is 6.54 Å². The number of halogens is 1. The zero-order chi connectivity index (χ0) is 17.6. The number of rotatable bonds is 6. The molecule has 1 aromatic heterocycles. The molecule has 0 fully saturated rings. The Kier molecular flexibility index (Phi) is 5.11. The van der Waals surface area contributed by atoms with Crippen molar-refractivity contribution in [1.29, 1.82) is 0 Å². The molecular weight excluding hydrogens is 321 g/mol. The number of hydrogen-bond acceptors (Lipinski definition) is 4. The first-order chi connectivity index (χ1) is 12.1. The molecule has 128 valence electrons. The number of nitrogens with zero attached hydrogens (tertiary/aromatic N) is 1. The number of anilines is 2. The standard InChI is InChI=1S/C19H18FN3O2/c20-16-7-9-17(10-8-16)22-19(24)15-6-11-18(23(25)13-15)21-12-14-4-2-1-3-5-14/h1-11,13,19,21-22,24H,12H2. The monoisotopic (exact) mass is 339 g/mol. The fourth-order valence-electron chi connectivity index (χ4n) is 2.37. The normalized spacial score (nSPS) is 11.8. The highest BCUT2D eigenvalue weighted by molar-refractivity contribution is 5.44. The molecule has 3 aromatic rings. The highest BCUT2D eigenvalue weighted by Gasteiger charge is 2.12. The molecule has 1 heterocycles. The molecular formula is C19H18FN3O2. The second-order valence-corrected chi connectivity index (χ2v) is 5.57. The number of aliphatic hydroxyl groups excluding tert-OH is 1. The van der Waals surface area contributed by atoms with Crippen LogP contribution < -0.4 is 15.4 Å². The molecule has 0 spiro atoms. The molecule has 0 aliphatic carbocycles. The third kappa shape index (κ3) is 4.45. The molecule has 1 unspecified atom stereocenters. The SMILES string of the molecule is [O-][n+]1cc(C(O)Nc2ccc(F)cc2)ccc1NCc1ccccc1. The fraction of sp³-hybridized carbons (Fsp3) is 0.105. The van der Waals surface area contributed by atoms with Crippen LogP contribution in [0.1, 0.15) is 17.4 Å². The molecule has 5 nitrogen and oxygen atoms in total. The number of aromatic nitrogens is 1. The molecule has 6 heteroatoms. The van der Waals surface area contributed by atoms with Crippen molar-refractivity contribution in [3.63, 3.8) is 0 Å². The van der Waals surface area contributed by atoms with E-state index in [9.17, 15) is 14.7 Å². The first-order valence-corrected chi connectivity index (χ1v) is 7.83. The molecule has 2 aromatic carbocycles. The summed E-state index contributed by atoms with van der Waals surface area (Å²) in [6.45, 7) is 0.527.